The van der Waals surface area contributed by atoms with Crippen LogP contribution in [0.3, 0.4) is 0 Å². The molecule has 0 amide bonds. The van der Waals surface area contributed by atoms with Gasteiger partial charge in [-0.05, 0) is 173 Å². The molecule has 0 aromatic heterocycles. The second-order valence-electron chi connectivity index (χ2n) is 25.8. The number of esters is 4. The van der Waals surface area contributed by atoms with E-state index in [9.17, 15) is 43.2 Å². The van der Waals surface area contributed by atoms with Crippen molar-refractivity contribution in [1.29, 1.82) is 0 Å². The zero-order valence-corrected chi connectivity index (χ0v) is 69.1. The molecule has 0 spiro atoms. The van der Waals surface area contributed by atoms with Gasteiger partial charge in [0.2, 0.25) is 0 Å². The number of phosphoric ester groups is 2. The van der Waals surface area contributed by atoms with E-state index in [1.165, 1.54) is 0 Å². The fourth-order valence-corrected chi connectivity index (χ4v) is 11.2. The number of aliphatic hydroxyl groups is 1. The summed E-state index contributed by atoms with van der Waals surface area (Å²) < 4.78 is 68.5. The van der Waals surface area contributed by atoms with Crippen LogP contribution in [0.5, 0.6) is 0 Å². The van der Waals surface area contributed by atoms with Gasteiger partial charge in [-0.1, -0.05) is 291 Å². The summed E-state index contributed by atoms with van der Waals surface area (Å²) in [6, 6.07) is 0. The Morgan fingerprint density at radius 2 is 0.473 bits per heavy atom. The number of ether oxygens (including phenoxy) is 4. The van der Waals surface area contributed by atoms with E-state index in [2.05, 4.69) is 216 Å². The predicted octanol–water partition coefficient (Wildman–Crippen LogP) is 24.2. The highest BCUT2D eigenvalue weighted by Crippen LogP contribution is 2.45. The lowest BCUT2D eigenvalue weighted by Gasteiger charge is -2.21. The molecule has 0 saturated heterocycles. The molecule has 110 heavy (non-hydrogen) atoms. The van der Waals surface area contributed by atoms with Crippen molar-refractivity contribution >= 4 is 39.5 Å². The van der Waals surface area contributed by atoms with Crippen LogP contribution in [0.4, 0.5) is 0 Å². The van der Waals surface area contributed by atoms with Gasteiger partial charge in [0, 0.05) is 25.7 Å². The van der Waals surface area contributed by atoms with Crippen LogP contribution in [0.15, 0.2) is 231 Å². The van der Waals surface area contributed by atoms with Crippen molar-refractivity contribution in [3.8, 4) is 0 Å². The molecule has 0 aliphatic heterocycles. The monoisotopic (exact) mass is 1570 g/mol. The molecule has 0 heterocycles. The van der Waals surface area contributed by atoms with Gasteiger partial charge in [-0.2, -0.15) is 0 Å². The van der Waals surface area contributed by atoms with Gasteiger partial charge in [0.25, 0.3) is 0 Å². The Kier molecular flexibility index (Phi) is 75.2. The predicted molar refractivity (Wildman–Crippen MR) is 454 cm³/mol. The first kappa shape index (κ1) is 103. The molecule has 0 rings (SSSR count). The average molecular weight is 1570 g/mol. The lowest BCUT2D eigenvalue weighted by molar-refractivity contribution is -0.161. The number of hydrogen-bond acceptors (Lipinski definition) is 15. The Morgan fingerprint density at radius 1 is 0.255 bits per heavy atom. The fourth-order valence-electron chi connectivity index (χ4n) is 9.62. The first-order chi connectivity index (χ1) is 53.7. The number of carbonyl (C=O) groups is 4. The molecule has 19 heteroatoms. The van der Waals surface area contributed by atoms with E-state index >= 15 is 0 Å². The molecule has 0 radical (unpaired) electrons. The van der Waals surface area contributed by atoms with Crippen molar-refractivity contribution in [1.82, 2.24) is 0 Å². The summed E-state index contributed by atoms with van der Waals surface area (Å²) in [5.41, 5.74) is 0. The van der Waals surface area contributed by atoms with Crippen LogP contribution in [-0.4, -0.2) is 96.7 Å². The summed E-state index contributed by atoms with van der Waals surface area (Å²) in [5.74, 6) is -2.45. The molecule has 17 nitrogen and oxygen atoms in total. The number of phosphoric acid groups is 2. The molecule has 0 aliphatic carbocycles. The molecule has 5 unspecified atom stereocenters. The van der Waals surface area contributed by atoms with Gasteiger partial charge in [-0.15, -0.1) is 0 Å². The summed E-state index contributed by atoms with van der Waals surface area (Å²) >= 11 is 0. The molecule has 0 aliphatic rings. The largest absolute Gasteiger partial charge is 0.472 e. The molecule has 0 saturated carbocycles. The van der Waals surface area contributed by atoms with Crippen LogP contribution < -0.4 is 0 Å². The summed E-state index contributed by atoms with van der Waals surface area (Å²) in [7, 11) is -10.0. The maximum atomic E-state index is 13.1. The molecule has 5 atom stereocenters. The van der Waals surface area contributed by atoms with Gasteiger partial charge in [-0.3, -0.25) is 37.3 Å². The molecule has 0 aromatic rings. The van der Waals surface area contributed by atoms with Crippen molar-refractivity contribution in [2.45, 2.75) is 277 Å². The first-order valence-electron chi connectivity index (χ1n) is 40.6. The third-order valence-electron chi connectivity index (χ3n) is 15.6. The smallest absolute Gasteiger partial charge is 0.462 e. The lowest BCUT2D eigenvalue weighted by Crippen LogP contribution is -2.30. The normalized spacial score (nSPS) is 15.0. The quantitative estimate of drug-likeness (QED) is 0.0169. The van der Waals surface area contributed by atoms with E-state index in [1.54, 1.807) is 0 Å². The maximum absolute atomic E-state index is 13.1. The number of rotatable bonds is 73. The van der Waals surface area contributed by atoms with E-state index in [-0.39, 0.29) is 25.7 Å². The highest BCUT2D eigenvalue weighted by atomic mass is 31.2. The van der Waals surface area contributed by atoms with E-state index in [0.717, 1.165) is 161 Å². The number of carbonyl (C=O) groups excluding carboxylic acids is 4. The zero-order valence-electron chi connectivity index (χ0n) is 67.3. The van der Waals surface area contributed by atoms with Crippen molar-refractivity contribution in [2.75, 3.05) is 39.6 Å². The van der Waals surface area contributed by atoms with Gasteiger partial charge in [0.05, 0.1) is 26.4 Å². The average Bonchev–Trinajstić information content (AvgIpc) is 0.906. The molecule has 0 aromatic carbocycles. The van der Waals surface area contributed by atoms with Gasteiger partial charge < -0.3 is 33.8 Å². The molecule has 0 fully saturated rings. The second kappa shape index (κ2) is 80.2. The summed E-state index contributed by atoms with van der Waals surface area (Å²) in [4.78, 5) is 73.1. The Hall–Kier alpha value is -6.88. The minimum Gasteiger partial charge on any atom is -0.462 e. The van der Waals surface area contributed by atoms with Crippen molar-refractivity contribution in [3.63, 3.8) is 0 Å². The first-order valence-corrected chi connectivity index (χ1v) is 43.6. The van der Waals surface area contributed by atoms with Crippen molar-refractivity contribution < 1.29 is 80.2 Å². The molecular formula is C91H140O17P2. The third-order valence-corrected chi connectivity index (χ3v) is 17.5. The molecule has 3 N–H and O–H groups in total. The maximum Gasteiger partial charge on any atom is 0.472 e. The van der Waals surface area contributed by atoms with E-state index in [4.69, 9.17) is 37.0 Å². The molecule has 0 bridgehead atoms. The number of allylic oxidation sites excluding steroid dienone is 38. The van der Waals surface area contributed by atoms with E-state index in [1.807, 2.05) is 42.5 Å². The molecular weight excluding hydrogens is 1430 g/mol. The highest BCUT2D eigenvalue weighted by Gasteiger charge is 2.30. The molecule has 616 valence electrons. The minimum atomic E-state index is -5.03. The topological polar surface area (TPSA) is 237 Å². The van der Waals surface area contributed by atoms with Gasteiger partial charge >= 0.3 is 39.5 Å². The minimum absolute atomic E-state index is 0.00793. The van der Waals surface area contributed by atoms with Gasteiger partial charge in [0.1, 0.15) is 19.3 Å². The highest BCUT2D eigenvalue weighted by molar-refractivity contribution is 7.47. The van der Waals surface area contributed by atoms with Crippen LogP contribution in [0.1, 0.15) is 259 Å². The van der Waals surface area contributed by atoms with Gasteiger partial charge in [0.15, 0.2) is 12.2 Å². The van der Waals surface area contributed by atoms with Crippen molar-refractivity contribution in [2.24, 2.45) is 0 Å². The van der Waals surface area contributed by atoms with E-state index in [0.29, 0.717) is 44.9 Å². The van der Waals surface area contributed by atoms with Crippen LogP contribution in [0.25, 0.3) is 0 Å². The van der Waals surface area contributed by atoms with Crippen LogP contribution in [-0.2, 0) is 65.4 Å². The SMILES string of the molecule is CC/C=C\C/C=C\C/C=C\C/C=C\C/C=C\C/C=C\CCC(=O)OCC(COP(=O)(O)OCC(O)COP(=O)(O)OCC(COC(=O)CCC/C=C\C/C=C\C/C=C\C/C=C\C/C=C\CC)OC(=O)CCC/C=C\C/C=C\C/C=C\C/C=C\C/C=C\CC)OC(=O)CCCCCCCCC/C=C\C/C=C\C/C=C\CC. The number of hydrogen-bond donors (Lipinski definition) is 3. The Morgan fingerprint density at radius 3 is 0.773 bits per heavy atom. The van der Waals surface area contributed by atoms with Crippen LogP contribution in [0, 0.1) is 0 Å². The summed E-state index contributed by atoms with van der Waals surface area (Å²) in [6.07, 6.45) is 103. The van der Waals surface area contributed by atoms with Crippen LogP contribution >= 0.6 is 15.6 Å². The van der Waals surface area contributed by atoms with Gasteiger partial charge in [-0.25, -0.2) is 9.13 Å². The second-order valence-corrected chi connectivity index (χ2v) is 28.7. The third kappa shape index (κ3) is 79.2. The lowest BCUT2D eigenvalue weighted by atomic mass is 10.1. The fraction of sp³-hybridized carbons (Fsp3) is 0.538. The standard InChI is InChI=1S/C91H140O17P2/c1-5-9-13-17-21-25-29-33-37-41-42-46-48-52-56-60-64-68-72-76-89(94)102-82-87(108-91(96)78-74-70-66-62-58-54-50-45-40-36-32-28-24-20-16-12-8-4)84-106-110(99,100)104-80-85(92)79-103-109(97,98)105-83-86(107-90(95)77-73-69-65-61-57-53-49-44-39-35-31-27-23-19-15-11-7-3)81-101-88(93)75-71-67-63-59-55-51-47-43-38-34-30-26-22-18-14-10-6-2/h9-16,21-28,33-40,42,46-47,49,51-53,56,59,61,63-65,68,85-87,92H,5-8,17-20,29-32,41,43-45,48,50,54-55,57-58,60,62,66-67,69-84H2,1-4H3,(H,97,98)(H,99,100)/b13-9-,14-10-,15-11-,16-12-,25-21-,26-22-,27-23-,28-24-,37-33-,38-34-,39-35-,40-36-,46-42-,51-47-,53-49-,56-52-,63-59-,65-61-,68-64-. The summed E-state index contributed by atoms with van der Waals surface area (Å²) in [5, 5.41) is 10.7. The Bertz CT molecular complexity index is 3000. The van der Waals surface area contributed by atoms with Crippen LogP contribution in [0.2, 0.25) is 0 Å². The summed E-state index contributed by atoms with van der Waals surface area (Å²) in [6.45, 7) is 4.15. The van der Waals surface area contributed by atoms with E-state index < -0.39 is 97.5 Å². The number of aliphatic hydroxyl groups excluding tert-OH is 1. The Labute approximate surface area is 664 Å². The van der Waals surface area contributed by atoms with Crippen molar-refractivity contribution in [3.05, 3.63) is 231 Å². The zero-order chi connectivity index (χ0) is 80.3. The Balaban J connectivity index is 5.59. The number of unbranched alkanes of at least 4 members (excludes halogenated alkanes) is 9.